The van der Waals surface area contributed by atoms with Gasteiger partial charge in [0.2, 0.25) is 0 Å². The van der Waals surface area contributed by atoms with Gasteiger partial charge < -0.3 is 0 Å². The van der Waals surface area contributed by atoms with E-state index in [0.717, 1.165) is 5.54 Å². The van der Waals surface area contributed by atoms with Gasteiger partial charge in [-0.2, -0.15) is 5.54 Å². The maximum atomic E-state index is 11.0. The molecular formula is C2H5BF3N. The zero-order chi connectivity index (χ0) is 5.70. The topological polar surface area (TPSA) is 12.0 Å². The third-order valence-electron chi connectivity index (χ3n) is 0.457. The van der Waals surface area contributed by atoms with E-state index in [4.69, 9.17) is 0 Å². The van der Waals surface area contributed by atoms with Crippen LogP contribution in [0.15, 0.2) is 0 Å². The second-order valence-electron chi connectivity index (χ2n) is 1.06. The Labute approximate surface area is 40.0 Å². The Kier molecular flexibility index (Phi) is 3.88. The molecule has 0 aliphatic rings. The molecule has 0 spiro atoms. The highest BCUT2D eigenvalue weighted by atomic mass is 19.2. The monoisotopic (exact) mass is 111 g/mol. The molecule has 0 fully saturated rings. The van der Waals surface area contributed by atoms with Crippen LogP contribution >= 0.6 is 0 Å². The summed E-state index contributed by atoms with van der Waals surface area (Å²) in [5.41, 5.74) is 1.12. The molecular weight excluding hydrogens is 106 g/mol. The number of halogens is 3. The highest BCUT2D eigenvalue weighted by molar-refractivity contribution is 6.42. The summed E-state index contributed by atoms with van der Waals surface area (Å²) in [4.78, 5) is 0. The molecule has 0 bridgehead atoms. The van der Waals surface area contributed by atoms with Gasteiger partial charge in [-0.25, -0.2) is 0 Å². The van der Waals surface area contributed by atoms with Gasteiger partial charge in [0.25, 0.3) is 0 Å². The van der Waals surface area contributed by atoms with Gasteiger partial charge in [0.1, 0.15) is 0 Å². The van der Waals surface area contributed by atoms with Gasteiger partial charge in [0.05, 0.1) is 0 Å². The number of hydrogen-bond acceptors (Lipinski definition) is 1. The van der Waals surface area contributed by atoms with E-state index in [-0.39, 0.29) is 6.54 Å². The van der Waals surface area contributed by atoms with Crippen molar-refractivity contribution in [3.8, 4) is 0 Å². The Morgan fingerprint density at radius 3 is 2.14 bits per heavy atom. The Morgan fingerprint density at radius 1 is 1.43 bits per heavy atom. The summed E-state index contributed by atoms with van der Waals surface area (Å²) in [5, 5.41) is 0. The van der Waals surface area contributed by atoms with Gasteiger partial charge in [-0.3, -0.25) is 8.63 Å². The summed E-state index contributed by atoms with van der Waals surface area (Å²) in [6, 6.07) is 0. The second-order valence-corrected chi connectivity index (χ2v) is 1.06. The van der Waals surface area contributed by atoms with Crippen molar-refractivity contribution in [2.75, 3.05) is 6.54 Å². The fourth-order valence-electron chi connectivity index (χ4n) is 0.164. The number of hydrogen-bond donors (Lipinski definition) is 1. The number of rotatable bonds is 3. The Hall–Kier alpha value is -0.185. The van der Waals surface area contributed by atoms with Crippen LogP contribution in [0.4, 0.5) is 13.1 Å². The lowest BCUT2D eigenvalue weighted by Gasteiger charge is -1.87. The first-order valence-electron chi connectivity index (χ1n) is 1.89. The van der Waals surface area contributed by atoms with E-state index in [1.54, 1.807) is 0 Å². The summed E-state index contributed by atoms with van der Waals surface area (Å²) in [6.45, 7) is -0.266. The minimum atomic E-state index is -2.40. The fraction of sp³-hybridized carbons (Fsp3) is 1.00. The maximum Gasteiger partial charge on any atom is 0.539 e. The van der Waals surface area contributed by atoms with Crippen LogP contribution in [-0.4, -0.2) is 13.8 Å². The van der Waals surface area contributed by atoms with Gasteiger partial charge in [-0.05, 0) is 0 Å². The quantitative estimate of drug-likeness (QED) is 0.421. The molecule has 0 saturated heterocycles. The van der Waals surface area contributed by atoms with Crippen LogP contribution in [0.3, 0.4) is 0 Å². The van der Waals surface area contributed by atoms with Crippen molar-refractivity contribution in [3.63, 3.8) is 0 Å². The molecule has 1 N–H and O–H groups in total. The third-order valence-corrected chi connectivity index (χ3v) is 0.457. The van der Waals surface area contributed by atoms with Crippen LogP contribution in [0.2, 0.25) is 6.32 Å². The molecule has 0 aliphatic heterocycles. The predicted molar refractivity (Wildman–Crippen MR) is 21.9 cm³/mol. The average molecular weight is 111 g/mol. The molecule has 0 aliphatic carbocycles. The minimum absolute atomic E-state index is 0.266. The van der Waals surface area contributed by atoms with E-state index in [9.17, 15) is 13.1 Å². The first-order valence-corrected chi connectivity index (χ1v) is 1.89. The minimum Gasteiger partial charge on any atom is -0.287 e. The van der Waals surface area contributed by atoms with Crippen LogP contribution < -0.4 is 5.54 Å². The van der Waals surface area contributed by atoms with Crippen molar-refractivity contribution in [3.05, 3.63) is 0 Å². The van der Waals surface area contributed by atoms with Crippen LogP contribution in [0.1, 0.15) is 0 Å². The van der Waals surface area contributed by atoms with E-state index in [0.29, 0.717) is 0 Å². The summed E-state index contributed by atoms with van der Waals surface area (Å²) >= 11 is 0. The van der Waals surface area contributed by atoms with Crippen molar-refractivity contribution in [1.29, 1.82) is 0 Å². The summed E-state index contributed by atoms with van der Waals surface area (Å²) in [6.07, 6.45) is -0.420. The lowest BCUT2D eigenvalue weighted by atomic mass is 9.94. The van der Waals surface area contributed by atoms with Crippen molar-refractivity contribution >= 4 is 7.27 Å². The molecule has 42 valence electrons. The highest BCUT2D eigenvalue weighted by Crippen LogP contribution is 1.91. The molecule has 0 rings (SSSR count). The molecule has 0 aromatic carbocycles. The molecule has 1 nitrogen and oxygen atoms in total. The van der Waals surface area contributed by atoms with E-state index < -0.39 is 13.6 Å². The van der Waals surface area contributed by atoms with E-state index in [1.165, 1.54) is 0 Å². The van der Waals surface area contributed by atoms with E-state index >= 15 is 0 Å². The molecule has 0 heterocycles. The Bertz CT molecular complexity index is 41.9. The van der Waals surface area contributed by atoms with Gasteiger partial charge >= 0.3 is 7.27 Å². The van der Waals surface area contributed by atoms with Crippen LogP contribution in [0.25, 0.3) is 0 Å². The SMILES string of the molecule is FNCCB(F)F. The predicted octanol–water partition coefficient (Wildman–Crippen LogP) is 0.888. The third kappa shape index (κ3) is 5.81. The first kappa shape index (κ1) is 6.81. The van der Waals surface area contributed by atoms with Crippen molar-refractivity contribution < 1.29 is 13.1 Å². The van der Waals surface area contributed by atoms with Crippen molar-refractivity contribution in [1.82, 2.24) is 5.54 Å². The average Bonchev–Trinajstić information content (AvgIpc) is 1.61. The smallest absolute Gasteiger partial charge is 0.287 e. The highest BCUT2D eigenvalue weighted by Gasteiger charge is 2.09. The molecule has 0 aromatic rings. The van der Waals surface area contributed by atoms with Crippen molar-refractivity contribution in [2.24, 2.45) is 0 Å². The summed E-state index contributed by atoms with van der Waals surface area (Å²) < 4.78 is 32.8. The zero-order valence-corrected chi connectivity index (χ0v) is 3.63. The molecule has 0 radical (unpaired) electrons. The molecule has 0 aromatic heterocycles. The molecule has 0 atom stereocenters. The van der Waals surface area contributed by atoms with Gasteiger partial charge in [0.15, 0.2) is 0 Å². The van der Waals surface area contributed by atoms with Gasteiger partial charge in [0, 0.05) is 12.9 Å². The Morgan fingerprint density at radius 2 is 2.00 bits per heavy atom. The standard InChI is InChI=1S/C2H5BF3N/c4-3(5)1-2-7-6/h7H,1-2H2. The summed E-state index contributed by atoms with van der Waals surface area (Å²) in [7, 11) is -2.40. The second kappa shape index (κ2) is 3.99. The lowest BCUT2D eigenvalue weighted by Crippen LogP contribution is -2.08. The van der Waals surface area contributed by atoms with E-state index in [1.807, 2.05) is 0 Å². The zero-order valence-electron chi connectivity index (χ0n) is 3.63. The fourth-order valence-corrected chi connectivity index (χ4v) is 0.164. The Balaban J connectivity index is 2.68. The van der Waals surface area contributed by atoms with Crippen LogP contribution in [0.5, 0.6) is 0 Å². The van der Waals surface area contributed by atoms with Gasteiger partial charge in [-0.1, -0.05) is 0 Å². The molecule has 7 heavy (non-hydrogen) atoms. The largest absolute Gasteiger partial charge is 0.539 e. The van der Waals surface area contributed by atoms with Gasteiger partial charge in [-0.15, -0.1) is 4.48 Å². The molecule has 5 heteroatoms. The van der Waals surface area contributed by atoms with Crippen molar-refractivity contribution in [2.45, 2.75) is 6.32 Å². The van der Waals surface area contributed by atoms with Crippen LogP contribution in [-0.2, 0) is 0 Å². The molecule has 0 unspecified atom stereocenters. The first-order chi connectivity index (χ1) is 3.27. The summed E-state index contributed by atoms with van der Waals surface area (Å²) in [5.74, 6) is 0. The van der Waals surface area contributed by atoms with E-state index in [2.05, 4.69) is 0 Å². The maximum absolute atomic E-state index is 11.0. The molecule has 0 amide bonds. The normalized spacial score (nSPS) is 9.00. The van der Waals surface area contributed by atoms with Crippen LogP contribution in [0, 0.1) is 0 Å². The number of nitrogens with one attached hydrogen (secondary N) is 1. The lowest BCUT2D eigenvalue weighted by molar-refractivity contribution is 0.343. The molecule has 0 saturated carbocycles.